The van der Waals surface area contributed by atoms with E-state index in [1.165, 1.54) is 0 Å². The monoisotopic (exact) mass is 352 g/mol. The summed E-state index contributed by atoms with van der Waals surface area (Å²) in [5.74, 6) is 0.0612. The molecule has 0 aliphatic carbocycles. The van der Waals surface area contributed by atoms with Gasteiger partial charge in [-0.3, -0.25) is 4.79 Å². The number of hydrogen-bond acceptors (Lipinski definition) is 4. The van der Waals surface area contributed by atoms with E-state index in [0.29, 0.717) is 28.0 Å². The number of rotatable bonds is 4. The van der Waals surface area contributed by atoms with Crippen LogP contribution in [0.3, 0.4) is 0 Å². The minimum atomic E-state index is -0.289. The van der Waals surface area contributed by atoms with Gasteiger partial charge in [-0.1, -0.05) is 35.9 Å². The first kappa shape index (κ1) is 16.9. The Morgan fingerprint density at radius 3 is 2.52 bits per heavy atom. The summed E-state index contributed by atoms with van der Waals surface area (Å²) in [5, 5.41) is 6.56. The van der Waals surface area contributed by atoms with Gasteiger partial charge in [0.15, 0.2) is 0 Å². The topological polar surface area (TPSA) is 66.9 Å². The molecule has 0 spiro atoms. The summed E-state index contributed by atoms with van der Waals surface area (Å²) in [4.78, 5) is 21.1. The summed E-state index contributed by atoms with van der Waals surface area (Å²) in [6.45, 7) is 3.77. The second-order valence-corrected chi connectivity index (χ2v) is 6.06. The highest BCUT2D eigenvalue weighted by Gasteiger charge is 2.12. The maximum absolute atomic E-state index is 12.4. The fourth-order valence-corrected chi connectivity index (χ4v) is 2.48. The molecule has 0 aliphatic rings. The number of nitrogens with one attached hydrogen (secondary N) is 2. The minimum Gasteiger partial charge on any atom is -0.324 e. The molecule has 1 heterocycles. The van der Waals surface area contributed by atoms with Crippen LogP contribution < -0.4 is 10.6 Å². The van der Waals surface area contributed by atoms with Crippen molar-refractivity contribution < 1.29 is 4.79 Å². The van der Waals surface area contributed by atoms with Crippen LogP contribution in [0.25, 0.3) is 0 Å². The van der Waals surface area contributed by atoms with Crippen LogP contribution in [0.2, 0.25) is 5.02 Å². The van der Waals surface area contributed by atoms with Crippen LogP contribution in [0.1, 0.15) is 21.7 Å². The number of para-hydroxylation sites is 1. The molecule has 3 aromatic rings. The summed E-state index contributed by atoms with van der Waals surface area (Å²) in [7, 11) is 0. The number of amides is 1. The van der Waals surface area contributed by atoms with Gasteiger partial charge in [0, 0.05) is 22.1 Å². The van der Waals surface area contributed by atoms with E-state index in [4.69, 9.17) is 11.6 Å². The number of carbonyl (C=O) groups excluding carboxylic acids is 1. The molecule has 5 nitrogen and oxygen atoms in total. The average molecular weight is 353 g/mol. The number of aryl methyl sites for hydroxylation is 2. The van der Waals surface area contributed by atoms with Crippen molar-refractivity contribution in [1.82, 2.24) is 9.97 Å². The number of nitrogens with zero attached hydrogens (tertiary/aromatic N) is 2. The van der Waals surface area contributed by atoms with Gasteiger partial charge in [-0.25, -0.2) is 9.97 Å². The van der Waals surface area contributed by atoms with Gasteiger partial charge in [0.25, 0.3) is 5.91 Å². The van der Waals surface area contributed by atoms with Crippen LogP contribution in [-0.2, 0) is 0 Å². The molecule has 25 heavy (non-hydrogen) atoms. The maximum Gasteiger partial charge on any atom is 0.274 e. The van der Waals surface area contributed by atoms with Crippen molar-refractivity contribution in [2.24, 2.45) is 0 Å². The Hall–Kier alpha value is -2.92. The summed E-state index contributed by atoms with van der Waals surface area (Å²) < 4.78 is 0. The minimum absolute atomic E-state index is 0.289. The van der Waals surface area contributed by atoms with Gasteiger partial charge in [-0.15, -0.1) is 0 Å². The molecule has 0 bridgehead atoms. The first-order valence-corrected chi connectivity index (χ1v) is 8.14. The normalized spacial score (nSPS) is 10.4. The van der Waals surface area contributed by atoms with E-state index in [-0.39, 0.29) is 5.91 Å². The van der Waals surface area contributed by atoms with Gasteiger partial charge >= 0.3 is 0 Å². The van der Waals surface area contributed by atoms with Crippen LogP contribution in [0.5, 0.6) is 0 Å². The summed E-state index contributed by atoms with van der Waals surface area (Å²) in [6.07, 6.45) is 0. The highest BCUT2D eigenvalue weighted by Crippen LogP contribution is 2.23. The Balaban J connectivity index is 1.85. The van der Waals surface area contributed by atoms with E-state index < -0.39 is 0 Å². The first-order valence-electron chi connectivity index (χ1n) is 7.76. The van der Waals surface area contributed by atoms with Crippen LogP contribution in [0, 0.1) is 13.8 Å². The summed E-state index contributed by atoms with van der Waals surface area (Å²) in [5.41, 5.74) is 3.50. The van der Waals surface area contributed by atoms with Crippen molar-refractivity contribution in [2.75, 3.05) is 10.6 Å². The Morgan fingerprint density at radius 1 is 1.00 bits per heavy atom. The molecule has 126 valence electrons. The molecular weight excluding hydrogens is 336 g/mol. The molecule has 0 fully saturated rings. The van der Waals surface area contributed by atoms with Crippen molar-refractivity contribution in [3.05, 3.63) is 76.6 Å². The molecule has 0 radical (unpaired) electrons. The highest BCUT2D eigenvalue weighted by atomic mass is 35.5. The summed E-state index contributed by atoms with van der Waals surface area (Å²) in [6, 6.07) is 16.4. The second kappa shape index (κ2) is 7.32. The van der Waals surface area contributed by atoms with Gasteiger partial charge in [0.05, 0.1) is 0 Å². The zero-order chi connectivity index (χ0) is 17.8. The quantitative estimate of drug-likeness (QED) is 0.711. The third kappa shape index (κ3) is 4.33. The molecule has 0 saturated carbocycles. The molecule has 1 aromatic heterocycles. The van der Waals surface area contributed by atoms with E-state index in [9.17, 15) is 4.79 Å². The van der Waals surface area contributed by atoms with Crippen molar-refractivity contribution in [3.8, 4) is 0 Å². The Kier molecular flexibility index (Phi) is 4.95. The van der Waals surface area contributed by atoms with Crippen LogP contribution in [0.4, 0.5) is 17.3 Å². The van der Waals surface area contributed by atoms with Crippen LogP contribution in [0.15, 0.2) is 54.6 Å². The average Bonchev–Trinajstić information content (AvgIpc) is 2.58. The Morgan fingerprint density at radius 2 is 1.76 bits per heavy atom. The van der Waals surface area contributed by atoms with Crippen molar-refractivity contribution in [1.29, 1.82) is 0 Å². The van der Waals surface area contributed by atoms with E-state index >= 15 is 0 Å². The lowest BCUT2D eigenvalue weighted by molar-refractivity contribution is 0.102. The lowest BCUT2D eigenvalue weighted by Gasteiger charge is -2.11. The molecular formula is C19H17ClN4O. The van der Waals surface area contributed by atoms with Crippen molar-refractivity contribution in [2.45, 2.75) is 13.8 Å². The van der Waals surface area contributed by atoms with Gasteiger partial charge in [0.2, 0.25) is 5.95 Å². The lowest BCUT2D eigenvalue weighted by Crippen LogP contribution is -2.15. The maximum atomic E-state index is 12.4. The van der Waals surface area contributed by atoms with Crippen LogP contribution in [-0.4, -0.2) is 15.9 Å². The van der Waals surface area contributed by atoms with Gasteiger partial charge < -0.3 is 10.6 Å². The Labute approximate surface area is 151 Å². The van der Waals surface area contributed by atoms with Crippen molar-refractivity contribution >= 4 is 34.8 Å². The molecule has 1 amide bonds. The molecule has 0 atom stereocenters. The molecule has 2 aromatic carbocycles. The zero-order valence-electron chi connectivity index (χ0n) is 13.9. The molecule has 0 saturated heterocycles. The zero-order valence-corrected chi connectivity index (χ0v) is 14.6. The smallest absolute Gasteiger partial charge is 0.274 e. The molecule has 2 N–H and O–H groups in total. The largest absolute Gasteiger partial charge is 0.324 e. The Bertz CT molecular complexity index is 913. The summed E-state index contributed by atoms with van der Waals surface area (Å²) >= 11 is 6.04. The fourth-order valence-electron chi connectivity index (χ4n) is 2.31. The van der Waals surface area contributed by atoms with E-state index in [0.717, 1.165) is 11.3 Å². The SMILES string of the molecule is Cc1cc(C(=O)Nc2ccccc2)nc(Nc2cc(Cl)ccc2C)n1. The molecule has 6 heteroatoms. The molecule has 0 unspecified atom stereocenters. The third-order valence-electron chi connectivity index (χ3n) is 3.56. The molecule has 0 aliphatic heterocycles. The van der Waals surface area contributed by atoms with E-state index in [1.54, 1.807) is 12.1 Å². The highest BCUT2D eigenvalue weighted by molar-refractivity contribution is 6.30. The predicted octanol–water partition coefficient (Wildman–Crippen LogP) is 4.74. The molecule has 3 rings (SSSR count). The standard InChI is InChI=1S/C19H17ClN4O/c1-12-8-9-14(20)11-16(12)23-19-21-13(2)10-17(24-19)18(25)22-15-6-4-3-5-7-15/h3-11H,1-2H3,(H,22,25)(H,21,23,24). The number of aromatic nitrogens is 2. The number of benzene rings is 2. The van der Waals surface area contributed by atoms with E-state index in [2.05, 4.69) is 20.6 Å². The van der Waals surface area contributed by atoms with Gasteiger partial charge in [-0.2, -0.15) is 0 Å². The van der Waals surface area contributed by atoms with Crippen LogP contribution >= 0.6 is 11.6 Å². The predicted molar refractivity (Wildman–Crippen MR) is 101 cm³/mol. The van der Waals surface area contributed by atoms with Gasteiger partial charge in [0.1, 0.15) is 5.69 Å². The third-order valence-corrected chi connectivity index (χ3v) is 3.80. The lowest BCUT2D eigenvalue weighted by atomic mass is 10.2. The van der Waals surface area contributed by atoms with Gasteiger partial charge in [-0.05, 0) is 49.7 Å². The van der Waals surface area contributed by atoms with Crippen molar-refractivity contribution in [3.63, 3.8) is 0 Å². The first-order chi connectivity index (χ1) is 12.0. The fraction of sp³-hybridized carbons (Fsp3) is 0.105. The van der Waals surface area contributed by atoms with E-state index in [1.807, 2.05) is 56.3 Å². The number of anilines is 3. The number of hydrogen-bond donors (Lipinski definition) is 2. The second-order valence-electron chi connectivity index (χ2n) is 5.62. The number of halogens is 1. The number of carbonyl (C=O) groups is 1.